The monoisotopic (exact) mass is 374 g/mol. The summed E-state index contributed by atoms with van der Waals surface area (Å²) in [6.45, 7) is 5.69. The van der Waals surface area contributed by atoms with Crippen LogP contribution in [-0.4, -0.2) is 42.1 Å². The number of nitrogens with zero attached hydrogens (tertiary/aromatic N) is 2. The molecule has 0 spiro atoms. The molecule has 1 aromatic rings. The lowest BCUT2D eigenvalue weighted by atomic mass is 10.1. The highest BCUT2D eigenvalue weighted by molar-refractivity contribution is 8.18. The van der Waals surface area contributed by atoms with Crippen LogP contribution in [0.1, 0.15) is 55.5 Å². The van der Waals surface area contributed by atoms with Gasteiger partial charge in [-0.1, -0.05) is 38.8 Å². The molecule has 6 heteroatoms. The summed E-state index contributed by atoms with van der Waals surface area (Å²) in [7, 11) is 1.36. The number of amidine groups is 1. The molecule has 1 heterocycles. The number of ether oxygens (including phenoxy) is 1. The summed E-state index contributed by atoms with van der Waals surface area (Å²) in [5, 5.41) is 0.800. The lowest BCUT2D eigenvalue weighted by molar-refractivity contribution is -0.122. The third kappa shape index (κ3) is 5.21. The first-order valence-electron chi connectivity index (χ1n) is 9.05. The lowest BCUT2D eigenvalue weighted by Crippen LogP contribution is -2.30. The van der Waals surface area contributed by atoms with E-state index in [4.69, 9.17) is 4.74 Å². The first kappa shape index (κ1) is 20.2. The van der Waals surface area contributed by atoms with Gasteiger partial charge in [0.25, 0.3) is 5.91 Å². The maximum atomic E-state index is 12.8. The molecular weight excluding hydrogens is 348 g/mol. The minimum absolute atomic E-state index is 0.00995. The van der Waals surface area contributed by atoms with E-state index >= 15 is 0 Å². The Labute approximate surface area is 159 Å². The number of hydrogen-bond donors (Lipinski definition) is 0. The van der Waals surface area contributed by atoms with Crippen molar-refractivity contribution in [3.8, 4) is 0 Å². The largest absolute Gasteiger partial charge is 0.465 e. The molecule has 0 unspecified atom stereocenters. The molecule has 0 saturated carbocycles. The number of aliphatic imine (C=N–C) groups is 1. The van der Waals surface area contributed by atoms with E-state index in [1.54, 1.807) is 17.0 Å². The summed E-state index contributed by atoms with van der Waals surface area (Å²) in [4.78, 5) is 31.4. The molecule has 1 saturated heterocycles. The Morgan fingerprint density at radius 2 is 1.88 bits per heavy atom. The quantitative estimate of drug-likeness (QED) is 0.386. The van der Waals surface area contributed by atoms with Crippen LogP contribution in [0.2, 0.25) is 0 Å². The van der Waals surface area contributed by atoms with E-state index in [0.717, 1.165) is 43.0 Å². The number of unbranched alkanes of at least 4 members (excludes halogenated alkanes) is 2. The first-order valence-corrected chi connectivity index (χ1v) is 9.86. The number of hydrogen-bond acceptors (Lipinski definition) is 5. The number of amides is 1. The highest BCUT2D eigenvalue weighted by atomic mass is 32.2. The van der Waals surface area contributed by atoms with Gasteiger partial charge in [-0.2, -0.15) is 0 Å². The fourth-order valence-electron chi connectivity index (χ4n) is 2.46. The molecule has 1 aromatic carbocycles. The molecule has 0 atom stereocenters. The molecule has 140 valence electrons. The average molecular weight is 375 g/mol. The van der Waals surface area contributed by atoms with Crippen LogP contribution in [-0.2, 0) is 9.53 Å². The molecule has 2 rings (SSSR count). The molecule has 1 aliphatic rings. The SMILES string of the molecule is CCCCN=C1S/C(=C\c2ccc(C(=O)OC)cc2)C(=O)N1CCCC. The summed E-state index contributed by atoms with van der Waals surface area (Å²) in [6, 6.07) is 7.03. The van der Waals surface area contributed by atoms with Gasteiger partial charge in [-0.25, -0.2) is 4.79 Å². The van der Waals surface area contributed by atoms with Crippen molar-refractivity contribution in [1.29, 1.82) is 0 Å². The van der Waals surface area contributed by atoms with E-state index in [2.05, 4.69) is 18.8 Å². The van der Waals surface area contributed by atoms with E-state index in [1.807, 2.05) is 18.2 Å². The maximum absolute atomic E-state index is 12.8. The molecule has 5 nitrogen and oxygen atoms in total. The van der Waals surface area contributed by atoms with E-state index in [-0.39, 0.29) is 11.9 Å². The van der Waals surface area contributed by atoms with Crippen LogP contribution in [0.25, 0.3) is 6.08 Å². The van der Waals surface area contributed by atoms with Crippen molar-refractivity contribution >= 4 is 34.9 Å². The van der Waals surface area contributed by atoms with Gasteiger partial charge in [-0.15, -0.1) is 0 Å². The number of thioether (sulfide) groups is 1. The van der Waals surface area contributed by atoms with Crippen molar-refractivity contribution in [1.82, 2.24) is 4.90 Å². The summed E-state index contributed by atoms with van der Waals surface area (Å²) >= 11 is 1.43. The van der Waals surface area contributed by atoms with E-state index in [9.17, 15) is 9.59 Å². The Morgan fingerprint density at radius 3 is 2.50 bits per heavy atom. The van der Waals surface area contributed by atoms with Gasteiger partial charge in [0.05, 0.1) is 17.6 Å². The molecule has 26 heavy (non-hydrogen) atoms. The van der Waals surface area contributed by atoms with Crippen LogP contribution in [0.3, 0.4) is 0 Å². The van der Waals surface area contributed by atoms with Crippen LogP contribution >= 0.6 is 11.8 Å². The molecule has 1 aliphatic heterocycles. The smallest absolute Gasteiger partial charge is 0.337 e. The minimum Gasteiger partial charge on any atom is -0.465 e. The first-order chi connectivity index (χ1) is 12.6. The highest BCUT2D eigenvalue weighted by Crippen LogP contribution is 2.32. The minimum atomic E-state index is -0.369. The van der Waals surface area contributed by atoms with Gasteiger partial charge in [0.15, 0.2) is 5.17 Å². The number of methoxy groups -OCH3 is 1. The maximum Gasteiger partial charge on any atom is 0.337 e. The number of rotatable bonds is 8. The van der Waals surface area contributed by atoms with Crippen LogP contribution in [0, 0.1) is 0 Å². The number of esters is 1. The average Bonchev–Trinajstić information content (AvgIpc) is 2.95. The van der Waals surface area contributed by atoms with Crippen molar-refractivity contribution in [2.45, 2.75) is 39.5 Å². The van der Waals surface area contributed by atoms with Crippen LogP contribution in [0.5, 0.6) is 0 Å². The molecule has 0 aliphatic carbocycles. The van der Waals surface area contributed by atoms with Crippen molar-refractivity contribution in [3.05, 3.63) is 40.3 Å². The standard InChI is InChI=1S/C20H26N2O3S/c1-4-6-12-21-20-22(13-7-5-2)18(23)17(26-20)14-15-8-10-16(11-9-15)19(24)25-3/h8-11,14H,4-7,12-13H2,1-3H3/b17-14-,21-20?. The molecule has 0 bridgehead atoms. The number of carbonyl (C=O) groups is 2. The van der Waals surface area contributed by atoms with Gasteiger partial charge in [0.2, 0.25) is 0 Å². The second kappa shape index (κ2) is 10.2. The Morgan fingerprint density at radius 1 is 1.19 bits per heavy atom. The van der Waals surface area contributed by atoms with Gasteiger partial charge in [-0.3, -0.25) is 14.7 Å². The fraction of sp³-hybridized carbons (Fsp3) is 0.450. The number of benzene rings is 1. The lowest BCUT2D eigenvalue weighted by Gasteiger charge is -2.14. The molecule has 1 amide bonds. The fourth-order valence-corrected chi connectivity index (χ4v) is 3.49. The predicted molar refractivity (Wildman–Crippen MR) is 107 cm³/mol. The van der Waals surface area contributed by atoms with Gasteiger partial charge in [0.1, 0.15) is 0 Å². The van der Waals surface area contributed by atoms with Gasteiger partial charge in [0, 0.05) is 13.1 Å². The zero-order valence-electron chi connectivity index (χ0n) is 15.7. The topological polar surface area (TPSA) is 59.0 Å². The Hall–Kier alpha value is -2.08. The zero-order chi connectivity index (χ0) is 18.9. The van der Waals surface area contributed by atoms with Crippen molar-refractivity contribution < 1.29 is 14.3 Å². The highest BCUT2D eigenvalue weighted by Gasteiger charge is 2.32. The van der Waals surface area contributed by atoms with E-state index < -0.39 is 0 Å². The zero-order valence-corrected chi connectivity index (χ0v) is 16.5. The third-order valence-electron chi connectivity index (χ3n) is 4.01. The van der Waals surface area contributed by atoms with Crippen molar-refractivity contribution in [2.24, 2.45) is 4.99 Å². The number of carbonyl (C=O) groups excluding carboxylic acids is 2. The van der Waals surface area contributed by atoms with E-state index in [0.29, 0.717) is 17.0 Å². The molecule has 1 fully saturated rings. The molecule has 0 radical (unpaired) electrons. The van der Waals surface area contributed by atoms with E-state index in [1.165, 1.54) is 18.9 Å². The Balaban J connectivity index is 2.19. The van der Waals surface area contributed by atoms with Crippen molar-refractivity contribution in [2.75, 3.05) is 20.2 Å². The molecule has 0 N–H and O–H groups in total. The van der Waals surface area contributed by atoms with Gasteiger partial charge < -0.3 is 4.74 Å². The van der Waals surface area contributed by atoms with Crippen LogP contribution < -0.4 is 0 Å². The Kier molecular flexibility index (Phi) is 7.91. The van der Waals surface area contributed by atoms with Crippen LogP contribution in [0.4, 0.5) is 0 Å². The van der Waals surface area contributed by atoms with Gasteiger partial charge in [-0.05, 0) is 48.4 Å². The third-order valence-corrected chi connectivity index (χ3v) is 5.06. The van der Waals surface area contributed by atoms with Crippen molar-refractivity contribution in [3.63, 3.8) is 0 Å². The normalized spacial score (nSPS) is 17.3. The summed E-state index contributed by atoms with van der Waals surface area (Å²) in [6.07, 6.45) is 5.95. The summed E-state index contributed by atoms with van der Waals surface area (Å²) in [5.74, 6) is -0.359. The molecule has 0 aromatic heterocycles. The molecular formula is C20H26N2O3S. The summed E-state index contributed by atoms with van der Waals surface area (Å²) in [5.41, 5.74) is 1.37. The van der Waals surface area contributed by atoms with Crippen LogP contribution in [0.15, 0.2) is 34.2 Å². The second-order valence-electron chi connectivity index (χ2n) is 6.05. The summed E-state index contributed by atoms with van der Waals surface area (Å²) < 4.78 is 4.70. The van der Waals surface area contributed by atoms with Gasteiger partial charge >= 0.3 is 5.97 Å². The second-order valence-corrected chi connectivity index (χ2v) is 7.06. The predicted octanol–water partition coefficient (Wildman–Crippen LogP) is 4.35. The Bertz CT molecular complexity index is 696.